The van der Waals surface area contributed by atoms with Crippen LogP contribution in [0.5, 0.6) is 6.01 Å². The monoisotopic (exact) mass is 597 g/mol. The smallest absolute Gasteiger partial charge is 0.323 e. The Balaban J connectivity index is 1.21. The number of fused-ring (bicyclic) bond motifs is 3. The standard InChI is InChI=1S/C26H28FN9O3S2/c27-15-6-25(2-1-5-35(25)8-15)14-39-23-32-21(31-22(33-23)36(9-18(37)38)24(11-29)3-4-24)34-12-26(13-34)19-16(7-28)20(30)41-17(19)10-40-26/h15H,1-6,8-10,12-14,30H2,(H,37,38)/t15-,25+/m1/s1. The molecule has 0 unspecified atom stereocenters. The molecule has 214 valence electrons. The molecule has 7 rings (SSSR count). The van der Waals surface area contributed by atoms with Crippen molar-refractivity contribution in [3.63, 3.8) is 0 Å². The van der Waals surface area contributed by atoms with Crippen LogP contribution >= 0.6 is 23.1 Å². The Morgan fingerprint density at radius 3 is 2.78 bits per heavy atom. The van der Waals surface area contributed by atoms with Crippen molar-refractivity contribution in [1.29, 1.82) is 10.5 Å². The molecule has 2 aromatic rings. The van der Waals surface area contributed by atoms with Gasteiger partial charge in [0.05, 0.1) is 21.9 Å². The number of halogens is 1. The first-order chi connectivity index (χ1) is 19.7. The van der Waals surface area contributed by atoms with Gasteiger partial charge in [-0.15, -0.1) is 23.1 Å². The second-order valence-corrected chi connectivity index (χ2v) is 14.1. The van der Waals surface area contributed by atoms with Crippen LogP contribution in [-0.4, -0.2) is 87.5 Å². The first-order valence-corrected chi connectivity index (χ1v) is 15.4. The number of hydrogen-bond donors (Lipinski definition) is 2. The molecule has 0 bridgehead atoms. The van der Waals surface area contributed by atoms with Crippen molar-refractivity contribution in [2.75, 3.05) is 54.9 Å². The van der Waals surface area contributed by atoms with E-state index in [9.17, 15) is 24.8 Å². The first kappa shape index (κ1) is 26.5. The van der Waals surface area contributed by atoms with Gasteiger partial charge in [0.2, 0.25) is 11.9 Å². The third-order valence-electron chi connectivity index (χ3n) is 9.04. The molecule has 0 radical (unpaired) electrons. The van der Waals surface area contributed by atoms with Gasteiger partial charge >= 0.3 is 12.0 Å². The number of anilines is 3. The largest absolute Gasteiger partial charge is 0.480 e. The topological polar surface area (TPSA) is 169 Å². The van der Waals surface area contributed by atoms with Crippen molar-refractivity contribution < 1.29 is 19.0 Å². The van der Waals surface area contributed by atoms with Gasteiger partial charge in [-0.25, -0.2) is 4.39 Å². The summed E-state index contributed by atoms with van der Waals surface area (Å²) < 4.78 is 20.2. The number of ether oxygens (including phenoxy) is 1. The molecule has 4 fully saturated rings. The summed E-state index contributed by atoms with van der Waals surface area (Å²) in [6.45, 7) is 2.04. The van der Waals surface area contributed by atoms with Crippen LogP contribution in [0.3, 0.4) is 0 Å². The SMILES string of the molecule is N#Cc1c(N)sc2c1C1(CN(c3nc(OC[C@@]45CCCN4C[C@H](F)C5)nc(N(CC(=O)O)C4(C#N)CC4)n3)C1)SC2. The zero-order chi connectivity index (χ0) is 28.6. The normalized spacial score (nSPS) is 26.6. The number of hydrogen-bond acceptors (Lipinski definition) is 13. The minimum Gasteiger partial charge on any atom is -0.480 e. The number of carboxylic acid groups (broad SMARTS) is 1. The van der Waals surface area contributed by atoms with E-state index in [-0.39, 0.29) is 23.3 Å². The summed E-state index contributed by atoms with van der Waals surface area (Å²) in [4.78, 5) is 32.2. The van der Waals surface area contributed by atoms with Crippen LogP contribution in [0.25, 0.3) is 0 Å². The lowest BCUT2D eigenvalue weighted by Crippen LogP contribution is -2.57. The van der Waals surface area contributed by atoms with Crippen molar-refractivity contribution in [3.05, 3.63) is 16.0 Å². The highest BCUT2D eigenvalue weighted by Crippen LogP contribution is 2.58. The van der Waals surface area contributed by atoms with E-state index in [1.807, 2.05) is 4.90 Å². The van der Waals surface area contributed by atoms with E-state index in [1.54, 1.807) is 11.8 Å². The molecule has 15 heteroatoms. The van der Waals surface area contributed by atoms with Crippen LogP contribution in [0.15, 0.2) is 0 Å². The molecule has 12 nitrogen and oxygen atoms in total. The average Bonchev–Trinajstić information content (AvgIpc) is 3.13. The second kappa shape index (κ2) is 9.31. The number of thioether (sulfide) groups is 1. The molecule has 0 amide bonds. The first-order valence-electron chi connectivity index (χ1n) is 13.6. The molecule has 4 aliphatic heterocycles. The summed E-state index contributed by atoms with van der Waals surface area (Å²) in [6, 6.07) is 4.54. The van der Waals surface area contributed by atoms with E-state index in [4.69, 9.17) is 10.5 Å². The molecule has 1 saturated carbocycles. The maximum atomic E-state index is 14.3. The molecule has 6 heterocycles. The Morgan fingerprint density at radius 1 is 1.27 bits per heavy atom. The predicted octanol–water partition coefficient (Wildman–Crippen LogP) is 2.25. The summed E-state index contributed by atoms with van der Waals surface area (Å²) in [5, 5.41) is 29.8. The molecular formula is C26H28FN9O3S2. The number of nitrogens with zero attached hydrogens (tertiary/aromatic N) is 8. The number of nitrogen functional groups attached to an aromatic ring is 1. The molecule has 5 aliphatic rings. The van der Waals surface area contributed by atoms with E-state index in [0.29, 0.717) is 55.4 Å². The number of thiophene rings is 1. The summed E-state index contributed by atoms with van der Waals surface area (Å²) in [7, 11) is 0. The quantitative estimate of drug-likeness (QED) is 0.455. The molecule has 2 aromatic heterocycles. The minimum atomic E-state index is -1.10. The Labute approximate surface area is 243 Å². The van der Waals surface area contributed by atoms with E-state index in [0.717, 1.165) is 35.6 Å². The molecule has 2 atom stereocenters. The summed E-state index contributed by atoms with van der Waals surface area (Å²) in [5.74, 6) is 0.0569. The van der Waals surface area contributed by atoms with Gasteiger partial charge in [-0.2, -0.15) is 25.5 Å². The Morgan fingerprint density at radius 2 is 2.07 bits per heavy atom. The Kier molecular flexibility index (Phi) is 6.01. The number of rotatable bonds is 8. The minimum absolute atomic E-state index is 0.0240. The zero-order valence-corrected chi connectivity index (χ0v) is 23.8. The van der Waals surface area contributed by atoms with Crippen molar-refractivity contribution in [1.82, 2.24) is 19.9 Å². The number of nitrogens with two attached hydrogens (primary N) is 1. The van der Waals surface area contributed by atoms with E-state index >= 15 is 0 Å². The molecule has 3 saturated heterocycles. The fourth-order valence-corrected chi connectivity index (χ4v) is 9.66. The number of aliphatic carboxylic acids is 1. The van der Waals surface area contributed by atoms with Gasteiger partial charge in [0.25, 0.3) is 0 Å². The van der Waals surface area contributed by atoms with Crippen LogP contribution in [0.1, 0.15) is 48.1 Å². The third-order valence-corrected chi connectivity index (χ3v) is 11.7. The maximum Gasteiger partial charge on any atom is 0.323 e. The van der Waals surface area contributed by atoms with Crippen molar-refractivity contribution in [2.24, 2.45) is 0 Å². The summed E-state index contributed by atoms with van der Waals surface area (Å²) >= 11 is 3.23. The number of carboxylic acids is 1. The number of nitriles is 2. The second-order valence-electron chi connectivity index (χ2n) is 11.6. The van der Waals surface area contributed by atoms with Crippen LogP contribution in [0, 0.1) is 22.7 Å². The van der Waals surface area contributed by atoms with Gasteiger partial charge in [0, 0.05) is 42.2 Å². The van der Waals surface area contributed by atoms with Crippen LogP contribution in [-0.2, 0) is 15.3 Å². The fraction of sp³-hybridized carbons (Fsp3) is 0.615. The maximum absolute atomic E-state index is 14.3. The van der Waals surface area contributed by atoms with Crippen LogP contribution in [0.4, 0.5) is 21.3 Å². The Hall–Kier alpha value is -3.40. The number of alkyl halides is 1. The van der Waals surface area contributed by atoms with E-state index < -0.39 is 29.8 Å². The highest BCUT2D eigenvalue weighted by molar-refractivity contribution is 8.00. The van der Waals surface area contributed by atoms with Gasteiger partial charge in [0.1, 0.15) is 35.9 Å². The fourth-order valence-electron chi connectivity index (χ4n) is 6.85. The van der Waals surface area contributed by atoms with Gasteiger partial charge in [-0.05, 0) is 32.2 Å². The summed E-state index contributed by atoms with van der Waals surface area (Å²) in [5.41, 5.74) is 6.25. The lowest BCUT2D eigenvalue weighted by molar-refractivity contribution is -0.135. The lowest BCUT2D eigenvalue weighted by Gasteiger charge is -2.47. The van der Waals surface area contributed by atoms with Gasteiger partial charge in [0.15, 0.2) is 0 Å². The van der Waals surface area contributed by atoms with Gasteiger partial charge in [-0.3, -0.25) is 9.69 Å². The molecular weight excluding hydrogens is 569 g/mol. The van der Waals surface area contributed by atoms with Crippen molar-refractivity contribution in [3.8, 4) is 18.1 Å². The van der Waals surface area contributed by atoms with Crippen molar-refractivity contribution in [2.45, 2.75) is 59.9 Å². The summed E-state index contributed by atoms with van der Waals surface area (Å²) in [6.07, 6.45) is 2.28. The van der Waals surface area contributed by atoms with E-state index in [2.05, 4.69) is 32.0 Å². The Bertz CT molecular complexity index is 1510. The highest BCUT2D eigenvalue weighted by atomic mass is 32.2. The average molecular weight is 598 g/mol. The highest BCUT2D eigenvalue weighted by Gasteiger charge is 2.55. The molecule has 3 N–H and O–H groups in total. The predicted molar refractivity (Wildman–Crippen MR) is 150 cm³/mol. The lowest BCUT2D eigenvalue weighted by atomic mass is 9.88. The van der Waals surface area contributed by atoms with Gasteiger partial charge < -0.3 is 25.4 Å². The number of carbonyl (C=O) groups is 1. The molecule has 1 spiro atoms. The zero-order valence-electron chi connectivity index (χ0n) is 22.2. The van der Waals surface area contributed by atoms with Gasteiger partial charge in [-0.1, -0.05) is 0 Å². The van der Waals surface area contributed by atoms with Crippen LogP contribution in [0.2, 0.25) is 0 Å². The molecule has 0 aromatic carbocycles. The number of aromatic nitrogens is 3. The van der Waals surface area contributed by atoms with Crippen molar-refractivity contribution >= 4 is 46.0 Å². The molecule has 1 aliphatic carbocycles. The third kappa shape index (κ3) is 4.16. The molecule has 41 heavy (non-hydrogen) atoms. The van der Waals surface area contributed by atoms with E-state index in [1.165, 1.54) is 16.2 Å². The van der Waals surface area contributed by atoms with Crippen LogP contribution < -0.4 is 20.3 Å².